The van der Waals surface area contributed by atoms with Gasteiger partial charge in [-0.15, -0.1) is 10.2 Å². The summed E-state index contributed by atoms with van der Waals surface area (Å²) in [6, 6.07) is 17.8. The highest BCUT2D eigenvalue weighted by molar-refractivity contribution is 5.58. The van der Waals surface area contributed by atoms with Gasteiger partial charge in [-0.05, 0) is 35.7 Å². The Bertz CT molecular complexity index is 733. The fraction of sp³-hybridized carbons (Fsp3) is 0.222. The molecule has 112 valence electrons. The van der Waals surface area contributed by atoms with E-state index in [1.807, 2.05) is 54.6 Å². The average molecular weight is 293 g/mol. The van der Waals surface area contributed by atoms with Gasteiger partial charge < -0.3 is 10.2 Å². The molecule has 0 saturated heterocycles. The summed E-state index contributed by atoms with van der Waals surface area (Å²) in [4.78, 5) is 0. The van der Waals surface area contributed by atoms with Crippen LogP contribution in [0, 0.1) is 5.92 Å². The topological polar surface area (TPSA) is 64.9 Å². The third-order valence-electron chi connectivity index (χ3n) is 3.71. The van der Waals surface area contributed by atoms with Crippen LogP contribution in [0.4, 0.5) is 0 Å². The molecule has 1 atom stereocenters. The molecule has 0 aliphatic rings. The summed E-state index contributed by atoms with van der Waals surface area (Å²) in [5.74, 6) is 1.45. The molecule has 3 rings (SSSR count). The first kappa shape index (κ1) is 14.5. The van der Waals surface area contributed by atoms with Gasteiger partial charge in [-0.1, -0.05) is 44.2 Å². The Morgan fingerprint density at radius 1 is 0.818 bits per heavy atom. The Morgan fingerprint density at radius 3 is 1.91 bits per heavy atom. The van der Waals surface area contributed by atoms with E-state index < -0.39 is 0 Å². The largest absolute Gasteiger partial charge is 0.416 e. The number of hydrogen-bond acceptors (Lipinski definition) is 4. The van der Waals surface area contributed by atoms with Crippen molar-refractivity contribution in [2.24, 2.45) is 11.7 Å². The smallest absolute Gasteiger partial charge is 0.248 e. The fourth-order valence-corrected chi connectivity index (χ4v) is 2.27. The van der Waals surface area contributed by atoms with Crippen LogP contribution in [-0.4, -0.2) is 10.2 Å². The van der Waals surface area contributed by atoms with E-state index in [-0.39, 0.29) is 6.04 Å². The van der Waals surface area contributed by atoms with E-state index in [1.165, 1.54) is 0 Å². The van der Waals surface area contributed by atoms with Gasteiger partial charge in [-0.2, -0.15) is 0 Å². The van der Waals surface area contributed by atoms with Crippen LogP contribution in [0.1, 0.15) is 25.5 Å². The summed E-state index contributed by atoms with van der Waals surface area (Å²) in [5, 5.41) is 8.23. The molecule has 0 radical (unpaired) electrons. The van der Waals surface area contributed by atoms with Crippen LogP contribution >= 0.6 is 0 Å². The Labute approximate surface area is 130 Å². The molecule has 0 unspecified atom stereocenters. The van der Waals surface area contributed by atoms with Gasteiger partial charge in [-0.3, -0.25) is 0 Å². The molecule has 0 spiro atoms. The number of hydrogen-bond donors (Lipinski definition) is 1. The van der Waals surface area contributed by atoms with Gasteiger partial charge in [-0.25, -0.2) is 0 Å². The zero-order chi connectivity index (χ0) is 15.5. The van der Waals surface area contributed by atoms with Gasteiger partial charge in [0.1, 0.15) is 0 Å². The summed E-state index contributed by atoms with van der Waals surface area (Å²) in [6.07, 6.45) is 0. The first-order valence-corrected chi connectivity index (χ1v) is 7.40. The Kier molecular flexibility index (Phi) is 4.02. The maximum absolute atomic E-state index is 6.16. The number of benzene rings is 2. The third-order valence-corrected chi connectivity index (χ3v) is 3.71. The molecule has 0 bridgehead atoms. The van der Waals surface area contributed by atoms with Crippen LogP contribution in [-0.2, 0) is 0 Å². The summed E-state index contributed by atoms with van der Waals surface area (Å²) in [6.45, 7) is 4.23. The zero-order valence-electron chi connectivity index (χ0n) is 12.7. The zero-order valence-corrected chi connectivity index (χ0v) is 12.7. The lowest BCUT2D eigenvalue weighted by molar-refractivity contribution is 0.514. The fourth-order valence-electron chi connectivity index (χ4n) is 2.27. The van der Waals surface area contributed by atoms with Crippen LogP contribution in [0.25, 0.3) is 22.9 Å². The van der Waals surface area contributed by atoms with Gasteiger partial charge in [0.05, 0.1) is 0 Å². The van der Waals surface area contributed by atoms with Crippen LogP contribution in [0.15, 0.2) is 59.0 Å². The number of nitrogens with two attached hydrogens (primary N) is 1. The van der Waals surface area contributed by atoms with Crippen molar-refractivity contribution >= 4 is 0 Å². The van der Waals surface area contributed by atoms with Gasteiger partial charge >= 0.3 is 0 Å². The quantitative estimate of drug-likeness (QED) is 0.787. The maximum atomic E-state index is 6.16. The standard InChI is InChI=1S/C18H19N3O/c1-12(2)16(19)13-8-10-15(11-9-13)18-21-20-17(22-18)14-6-4-3-5-7-14/h3-12,16H,19H2,1-2H3/t16-/m1/s1. The lowest BCUT2D eigenvalue weighted by atomic mass is 9.96. The number of aromatic nitrogens is 2. The van der Waals surface area contributed by atoms with Crippen LogP contribution in [0.2, 0.25) is 0 Å². The van der Waals surface area contributed by atoms with E-state index in [1.54, 1.807) is 0 Å². The molecular weight excluding hydrogens is 274 g/mol. The molecule has 4 nitrogen and oxygen atoms in total. The molecule has 3 aromatic rings. The minimum atomic E-state index is 0.0385. The van der Waals surface area contributed by atoms with Crippen LogP contribution in [0.5, 0.6) is 0 Å². The predicted molar refractivity (Wildman–Crippen MR) is 86.9 cm³/mol. The molecule has 0 saturated carbocycles. The molecule has 0 fully saturated rings. The number of rotatable bonds is 4. The van der Waals surface area contributed by atoms with E-state index in [2.05, 4.69) is 24.0 Å². The van der Waals surface area contributed by atoms with Crippen molar-refractivity contribution in [2.75, 3.05) is 0 Å². The molecule has 4 heteroatoms. The van der Waals surface area contributed by atoms with Crippen LogP contribution in [0.3, 0.4) is 0 Å². The monoisotopic (exact) mass is 293 g/mol. The SMILES string of the molecule is CC(C)[C@@H](N)c1ccc(-c2nnc(-c3ccccc3)o2)cc1. The van der Waals surface area contributed by atoms with E-state index >= 15 is 0 Å². The second-order valence-electron chi connectivity index (χ2n) is 5.67. The number of nitrogens with zero attached hydrogens (tertiary/aromatic N) is 2. The average Bonchev–Trinajstić information content (AvgIpc) is 3.05. The van der Waals surface area contributed by atoms with Crippen molar-refractivity contribution in [3.8, 4) is 22.9 Å². The highest BCUT2D eigenvalue weighted by Gasteiger charge is 2.13. The second-order valence-corrected chi connectivity index (χ2v) is 5.67. The minimum Gasteiger partial charge on any atom is -0.416 e. The highest BCUT2D eigenvalue weighted by Crippen LogP contribution is 2.26. The molecule has 1 aromatic heterocycles. The molecule has 2 N–H and O–H groups in total. The first-order valence-electron chi connectivity index (χ1n) is 7.40. The summed E-state index contributed by atoms with van der Waals surface area (Å²) in [7, 11) is 0. The van der Waals surface area contributed by atoms with Crippen molar-refractivity contribution < 1.29 is 4.42 Å². The van der Waals surface area contributed by atoms with Crippen molar-refractivity contribution in [1.82, 2.24) is 10.2 Å². The summed E-state index contributed by atoms with van der Waals surface area (Å²) < 4.78 is 5.75. The molecular formula is C18H19N3O. The Balaban J connectivity index is 1.85. The van der Waals surface area contributed by atoms with Crippen molar-refractivity contribution in [3.05, 3.63) is 60.2 Å². The lowest BCUT2D eigenvalue weighted by Crippen LogP contribution is -2.16. The van der Waals surface area contributed by atoms with Crippen molar-refractivity contribution in [2.45, 2.75) is 19.9 Å². The van der Waals surface area contributed by atoms with Crippen molar-refractivity contribution in [3.63, 3.8) is 0 Å². The summed E-state index contributed by atoms with van der Waals surface area (Å²) in [5.41, 5.74) is 9.08. The van der Waals surface area contributed by atoms with Crippen LogP contribution < -0.4 is 5.73 Å². The summed E-state index contributed by atoms with van der Waals surface area (Å²) >= 11 is 0. The predicted octanol–water partition coefficient (Wildman–Crippen LogP) is 4.06. The normalized spacial score (nSPS) is 12.5. The van der Waals surface area contributed by atoms with Crippen molar-refractivity contribution in [1.29, 1.82) is 0 Å². The van der Waals surface area contributed by atoms with E-state index in [0.717, 1.165) is 16.7 Å². The molecule has 0 aliphatic heterocycles. The van der Waals surface area contributed by atoms with E-state index in [9.17, 15) is 0 Å². The first-order chi connectivity index (χ1) is 10.6. The minimum absolute atomic E-state index is 0.0385. The molecule has 0 amide bonds. The maximum Gasteiger partial charge on any atom is 0.248 e. The molecule has 22 heavy (non-hydrogen) atoms. The Hall–Kier alpha value is -2.46. The van der Waals surface area contributed by atoms with Gasteiger partial charge in [0.2, 0.25) is 11.8 Å². The lowest BCUT2D eigenvalue weighted by Gasteiger charge is -2.15. The third kappa shape index (κ3) is 2.92. The highest BCUT2D eigenvalue weighted by atomic mass is 16.4. The second kappa shape index (κ2) is 6.12. The van der Waals surface area contributed by atoms with E-state index in [4.69, 9.17) is 10.2 Å². The molecule has 1 heterocycles. The molecule has 2 aromatic carbocycles. The van der Waals surface area contributed by atoms with Gasteiger partial charge in [0.15, 0.2) is 0 Å². The van der Waals surface area contributed by atoms with E-state index in [0.29, 0.717) is 17.7 Å². The van der Waals surface area contributed by atoms with Gasteiger partial charge in [0, 0.05) is 17.2 Å². The Morgan fingerprint density at radius 2 is 1.36 bits per heavy atom. The van der Waals surface area contributed by atoms with Gasteiger partial charge in [0.25, 0.3) is 0 Å². The molecule has 0 aliphatic carbocycles.